The van der Waals surface area contributed by atoms with Crippen LogP contribution in [0.2, 0.25) is 0 Å². The van der Waals surface area contributed by atoms with E-state index in [0.29, 0.717) is 12.1 Å². The van der Waals surface area contributed by atoms with Crippen LogP contribution >= 0.6 is 0 Å². The summed E-state index contributed by atoms with van der Waals surface area (Å²) < 4.78 is 38.0. The minimum Gasteiger partial charge on any atom is -0.382 e. The Hall–Kier alpha value is -3.18. The molecule has 2 aromatic rings. The maximum atomic E-state index is 12.7. The molecule has 4 rings (SSSR count). The van der Waals surface area contributed by atoms with Gasteiger partial charge in [0.25, 0.3) is 0 Å². The molecule has 0 radical (unpaired) electrons. The smallest absolute Gasteiger partial charge is 0.382 e. The third kappa shape index (κ3) is 7.20. The summed E-state index contributed by atoms with van der Waals surface area (Å²) in [6, 6.07) is 8.61. The van der Waals surface area contributed by atoms with Crippen molar-refractivity contribution in [3.8, 4) is 6.07 Å². The lowest BCUT2D eigenvalue weighted by Crippen LogP contribution is -2.39. The van der Waals surface area contributed by atoms with Gasteiger partial charge in [-0.15, -0.1) is 0 Å². The molecule has 1 aromatic carbocycles. The third-order valence-corrected chi connectivity index (χ3v) is 7.28. The first kappa shape index (κ1) is 26.9. The van der Waals surface area contributed by atoms with Gasteiger partial charge in [0.2, 0.25) is 0 Å². The fourth-order valence-corrected chi connectivity index (χ4v) is 5.25. The van der Waals surface area contributed by atoms with Crippen LogP contribution in [0.15, 0.2) is 30.0 Å². The minimum absolute atomic E-state index is 0.00207. The van der Waals surface area contributed by atoms with Gasteiger partial charge in [-0.05, 0) is 79.5 Å². The lowest BCUT2D eigenvalue weighted by Gasteiger charge is -2.33. The van der Waals surface area contributed by atoms with Gasteiger partial charge in [0, 0.05) is 68.1 Å². The average molecular weight is 511 g/mol. The number of halogens is 3. The number of fused-ring (bicyclic) bond motifs is 1. The molecule has 1 aromatic heterocycles. The first-order valence-corrected chi connectivity index (χ1v) is 12.9. The van der Waals surface area contributed by atoms with Crippen LogP contribution in [-0.2, 0) is 30.6 Å². The summed E-state index contributed by atoms with van der Waals surface area (Å²) in [4.78, 5) is 18.3. The third-order valence-electron chi connectivity index (χ3n) is 7.28. The van der Waals surface area contributed by atoms with Gasteiger partial charge in [-0.2, -0.15) is 18.4 Å². The summed E-state index contributed by atoms with van der Waals surface area (Å²) in [5.74, 6) is -0.00207. The summed E-state index contributed by atoms with van der Waals surface area (Å²) in [6.07, 6.45) is 1.67. The van der Waals surface area contributed by atoms with Crippen LogP contribution in [0, 0.1) is 18.3 Å². The van der Waals surface area contributed by atoms with E-state index in [0.717, 1.165) is 49.3 Å². The highest BCUT2D eigenvalue weighted by Gasteiger charge is 2.27. The number of allylic oxidation sites excluding steroid dienone is 1. The van der Waals surface area contributed by atoms with Crippen LogP contribution in [-0.4, -0.2) is 41.0 Å². The molecular formula is C29H33F3N4O. The van der Waals surface area contributed by atoms with E-state index in [2.05, 4.69) is 40.3 Å². The number of nitrogens with one attached hydrogen (secondary N) is 1. The molecule has 2 heterocycles. The van der Waals surface area contributed by atoms with E-state index >= 15 is 0 Å². The Morgan fingerprint density at radius 1 is 1.24 bits per heavy atom. The van der Waals surface area contributed by atoms with E-state index < -0.39 is 12.6 Å². The number of pyridine rings is 1. The Bertz CT molecular complexity index is 1220. The molecule has 0 amide bonds. The van der Waals surface area contributed by atoms with Crippen molar-refractivity contribution in [1.82, 2.24) is 9.88 Å². The van der Waals surface area contributed by atoms with Crippen LogP contribution in [0.25, 0.3) is 6.08 Å². The Morgan fingerprint density at radius 2 is 2.00 bits per heavy atom. The zero-order valence-electron chi connectivity index (χ0n) is 21.4. The van der Waals surface area contributed by atoms with Gasteiger partial charge >= 0.3 is 6.18 Å². The maximum Gasteiger partial charge on any atom is 0.389 e. The van der Waals surface area contributed by atoms with Gasteiger partial charge in [-0.1, -0.05) is 12.1 Å². The SMILES string of the molecule is CC(=O)Cc1cc(NC2CCN(Cc3ccc4c(c3C)C=C(C#N)C4)CC2)c(CCCC(F)(F)F)cn1. The van der Waals surface area contributed by atoms with Crippen LogP contribution in [0.5, 0.6) is 0 Å². The number of alkyl halides is 3. The largest absolute Gasteiger partial charge is 0.389 e. The summed E-state index contributed by atoms with van der Waals surface area (Å²) in [5, 5.41) is 12.8. The topological polar surface area (TPSA) is 69.0 Å². The molecule has 37 heavy (non-hydrogen) atoms. The highest BCUT2D eigenvalue weighted by molar-refractivity contribution is 5.78. The molecule has 5 nitrogen and oxygen atoms in total. The van der Waals surface area contributed by atoms with Crippen LogP contribution in [0.3, 0.4) is 0 Å². The predicted molar refractivity (Wildman–Crippen MR) is 138 cm³/mol. The molecule has 0 spiro atoms. The van der Waals surface area contributed by atoms with Gasteiger partial charge < -0.3 is 5.32 Å². The molecule has 1 aliphatic carbocycles. The summed E-state index contributed by atoms with van der Waals surface area (Å²) >= 11 is 0. The van der Waals surface area contributed by atoms with Crippen molar-refractivity contribution in [2.75, 3.05) is 18.4 Å². The number of hydrogen-bond acceptors (Lipinski definition) is 5. The molecule has 1 N–H and O–H groups in total. The van der Waals surface area contributed by atoms with Crippen molar-refractivity contribution in [3.05, 3.63) is 63.5 Å². The van der Waals surface area contributed by atoms with Gasteiger partial charge in [-0.25, -0.2) is 0 Å². The standard InChI is InChI=1S/C29H33F3N4O/c1-19(37)12-26-15-28(23(17-34-26)4-3-9-29(30,31)32)35-25-7-10-36(11-8-25)18-24-6-5-22-13-21(16-33)14-27(22)20(24)2/h5-6,14-15,17,25H,3-4,7-13,18H2,1-2H3,(H,34,35). The minimum atomic E-state index is -4.17. The number of hydrogen-bond donors (Lipinski definition) is 1. The molecule has 2 aliphatic rings. The molecule has 1 aliphatic heterocycles. The second-order valence-electron chi connectivity index (χ2n) is 10.3. The Labute approximate surface area is 216 Å². The number of aromatic nitrogens is 1. The first-order valence-electron chi connectivity index (χ1n) is 12.9. The fraction of sp³-hybridized carbons (Fsp3) is 0.483. The Balaban J connectivity index is 1.38. The normalized spacial score (nSPS) is 16.3. The molecule has 0 bridgehead atoms. The molecule has 196 valence electrons. The number of aryl methyl sites for hydroxylation is 1. The number of nitrogens with zero attached hydrogens (tertiary/aromatic N) is 3. The highest BCUT2D eigenvalue weighted by atomic mass is 19.4. The molecule has 1 saturated heterocycles. The molecule has 0 atom stereocenters. The van der Waals surface area contributed by atoms with Crippen molar-refractivity contribution in [1.29, 1.82) is 5.26 Å². The first-order chi connectivity index (χ1) is 17.6. The quantitative estimate of drug-likeness (QED) is 0.452. The Morgan fingerprint density at radius 3 is 2.68 bits per heavy atom. The zero-order valence-corrected chi connectivity index (χ0v) is 21.4. The van der Waals surface area contributed by atoms with E-state index in [4.69, 9.17) is 0 Å². The number of rotatable bonds is 9. The second-order valence-corrected chi connectivity index (χ2v) is 10.3. The summed E-state index contributed by atoms with van der Waals surface area (Å²) in [7, 11) is 0. The molecular weight excluding hydrogens is 477 g/mol. The molecule has 0 unspecified atom stereocenters. The van der Waals surface area contributed by atoms with E-state index in [1.54, 1.807) is 6.20 Å². The number of ketones is 1. The predicted octanol–water partition coefficient (Wildman–Crippen LogP) is 5.95. The lowest BCUT2D eigenvalue weighted by atomic mass is 9.97. The van der Waals surface area contributed by atoms with Crippen molar-refractivity contribution in [2.24, 2.45) is 0 Å². The van der Waals surface area contributed by atoms with Crippen LogP contribution in [0.1, 0.15) is 66.1 Å². The van der Waals surface area contributed by atoms with E-state index in [-0.39, 0.29) is 31.1 Å². The van der Waals surface area contributed by atoms with Crippen LogP contribution < -0.4 is 5.32 Å². The number of nitriles is 1. The van der Waals surface area contributed by atoms with E-state index in [9.17, 15) is 23.2 Å². The number of Topliss-reactive ketones (excluding diaryl/α,β-unsaturated/α-hetero) is 1. The average Bonchev–Trinajstić information content (AvgIpc) is 3.27. The van der Waals surface area contributed by atoms with Crippen molar-refractivity contribution < 1.29 is 18.0 Å². The summed E-state index contributed by atoms with van der Waals surface area (Å²) in [6.45, 7) is 6.29. The fourth-order valence-electron chi connectivity index (χ4n) is 5.25. The molecule has 8 heteroatoms. The molecule has 0 saturated carbocycles. The van der Waals surface area contributed by atoms with Gasteiger partial charge in [0.05, 0.1) is 6.07 Å². The van der Waals surface area contributed by atoms with Gasteiger partial charge in [0.1, 0.15) is 5.78 Å². The highest BCUT2D eigenvalue weighted by Crippen LogP contribution is 2.31. The number of likely N-dealkylation sites (tertiary alicyclic amines) is 1. The maximum absolute atomic E-state index is 12.7. The second kappa shape index (κ2) is 11.5. The van der Waals surface area contributed by atoms with Crippen molar-refractivity contribution >= 4 is 17.5 Å². The lowest BCUT2D eigenvalue weighted by molar-refractivity contribution is -0.135. The van der Waals surface area contributed by atoms with E-state index in [1.165, 1.54) is 29.2 Å². The summed E-state index contributed by atoms with van der Waals surface area (Å²) in [5.41, 5.74) is 7.90. The van der Waals surface area contributed by atoms with Crippen molar-refractivity contribution in [2.45, 2.75) is 77.6 Å². The number of benzene rings is 1. The number of carbonyl (C=O) groups is 1. The molecule has 1 fully saturated rings. The van der Waals surface area contributed by atoms with Gasteiger partial charge in [0.15, 0.2) is 0 Å². The number of anilines is 1. The van der Waals surface area contributed by atoms with Gasteiger partial charge in [-0.3, -0.25) is 14.7 Å². The van der Waals surface area contributed by atoms with Crippen molar-refractivity contribution in [3.63, 3.8) is 0 Å². The van der Waals surface area contributed by atoms with Crippen LogP contribution in [0.4, 0.5) is 18.9 Å². The zero-order chi connectivity index (χ0) is 26.6. The monoisotopic (exact) mass is 510 g/mol. The number of piperidine rings is 1. The van der Waals surface area contributed by atoms with E-state index in [1.807, 2.05) is 12.1 Å². The Kier molecular flexibility index (Phi) is 8.33. The number of carbonyl (C=O) groups excluding carboxylic acids is 1.